The minimum Gasteiger partial charge on any atom is -0.504 e. The van der Waals surface area contributed by atoms with Crippen LogP contribution >= 0.6 is 0 Å². The summed E-state index contributed by atoms with van der Waals surface area (Å²) >= 11 is 0. The van der Waals surface area contributed by atoms with Gasteiger partial charge >= 0.3 is 0 Å². The predicted molar refractivity (Wildman–Crippen MR) is 176 cm³/mol. The average molecular weight is 609 g/mol. The van der Waals surface area contributed by atoms with E-state index < -0.39 is 0 Å². The van der Waals surface area contributed by atoms with E-state index in [1.807, 2.05) is 26.1 Å². The first-order valence-electron chi connectivity index (χ1n) is 16.9. The second-order valence-corrected chi connectivity index (χ2v) is 13.2. The Morgan fingerprint density at radius 1 is 1.25 bits per heavy atom. The monoisotopic (exact) mass is 608 g/mol. The number of aromatic hydroxyl groups is 1. The molecular formula is C36H54N3O5+. The van der Waals surface area contributed by atoms with Crippen molar-refractivity contribution in [1.82, 2.24) is 10.6 Å². The van der Waals surface area contributed by atoms with Crippen molar-refractivity contribution in [3.05, 3.63) is 59.2 Å². The van der Waals surface area contributed by atoms with Gasteiger partial charge in [-0.25, -0.2) is 0 Å². The first-order chi connectivity index (χ1) is 21.4. The van der Waals surface area contributed by atoms with E-state index in [1.54, 1.807) is 6.07 Å². The third kappa shape index (κ3) is 8.01. The summed E-state index contributed by atoms with van der Waals surface area (Å²) in [6.45, 7) is 5.90. The molecule has 2 aliphatic heterocycles. The summed E-state index contributed by atoms with van der Waals surface area (Å²) in [5, 5.41) is 37.1. The van der Waals surface area contributed by atoms with Gasteiger partial charge in [-0.3, -0.25) is 5.32 Å². The zero-order chi connectivity index (χ0) is 31.1. The molecule has 2 saturated carbocycles. The maximum Gasteiger partial charge on any atom is 0.196 e. The van der Waals surface area contributed by atoms with E-state index in [1.165, 1.54) is 37.3 Å². The van der Waals surface area contributed by atoms with E-state index in [-0.39, 0.29) is 30.6 Å². The summed E-state index contributed by atoms with van der Waals surface area (Å²) < 4.78 is 11.1. The van der Waals surface area contributed by atoms with Crippen molar-refractivity contribution in [2.45, 2.75) is 96.3 Å². The molecule has 0 radical (unpaired) electrons. The Kier molecular flexibility index (Phi) is 11.7. The summed E-state index contributed by atoms with van der Waals surface area (Å²) in [6.07, 6.45) is 16.0. The number of rotatable bonds is 16. The van der Waals surface area contributed by atoms with Gasteiger partial charge in [0.2, 0.25) is 0 Å². The number of allylic oxidation sites excluding steroid dienone is 1. The van der Waals surface area contributed by atoms with Crippen LogP contribution in [0.25, 0.3) is 0 Å². The summed E-state index contributed by atoms with van der Waals surface area (Å²) in [5.74, 6) is 3.82. The third-order valence-corrected chi connectivity index (χ3v) is 10.0. The van der Waals surface area contributed by atoms with Crippen LogP contribution in [0.3, 0.4) is 0 Å². The zero-order valence-corrected chi connectivity index (χ0v) is 26.9. The van der Waals surface area contributed by atoms with Crippen LogP contribution in [0.5, 0.6) is 11.5 Å². The number of ether oxygens (including phenoxy) is 2. The number of aliphatic hydroxyl groups is 4. The lowest BCUT2D eigenvalue weighted by atomic mass is 9.77. The maximum atomic E-state index is 10.6. The number of phenolic OH excluding ortho intramolecular Hbond substituents is 1. The number of nitrogens with one attached hydrogen (secondary N) is 2. The molecule has 2 fully saturated rings. The molecule has 0 aromatic heterocycles. The number of hydrogen-bond acceptors (Lipinski definition) is 7. The van der Waals surface area contributed by atoms with Crippen LogP contribution in [0.1, 0.15) is 77.2 Å². The lowest BCUT2D eigenvalue weighted by molar-refractivity contribution is -0.0550. The normalized spacial score (nSPS) is 26.1. The van der Waals surface area contributed by atoms with Gasteiger partial charge in [0.25, 0.3) is 0 Å². The zero-order valence-electron chi connectivity index (χ0n) is 26.9. The van der Waals surface area contributed by atoms with E-state index in [2.05, 4.69) is 29.7 Å². The van der Waals surface area contributed by atoms with Crippen LogP contribution in [0.4, 0.5) is 0 Å². The second-order valence-electron chi connectivity index (χ2n) is 13.2. The fourth-order valence-corrected chi connectivity index (χ4v) is 7.57. The Morgan fingerprint density at radius 2 is 2.11 bits per heavy atom. The van der Waals surface area contributed by atoms with E-state index >= 15 is 0 Å². The lowest BCUT2D eigenvalue weighted by Gasteiger charge is -2.26. The molecular weight excluding hydrogens is 554 g/mol. The standard InChI is InChI=1S/C36H53N3O5/c1-4-5-9-35-26(21-40)17-27(44-35)13-10-24-11-15-34(42)36(16-24)43-22-33(37-3)32-18-29-30(20-38-19-23(2)41)28-8-6-7-25(28)12-14-31(29)39-32/h11,15-18,23,25,28,30,33,35,37-38,40-41,44H,4-10,12-14,19-22H2,1-3H3/p+1. The molecule has 0 spiro atoms. The number of fused-ring (bicyclic) bond motifs is 2. The Hall–Kier alpha value is -2.49. The molecule has 2 aliphatic carbocycles. The Labute approximate surface area is 264 Å². The number of hydrogen-bond donors (Lipinski definition) is 5. The van der Waals surface area contributed by atoms with Gasteiger partial charge in [-0.2, -0.15) is 0 Å². The van der Waals surface area contributed by atoms with Crippen molar-refractivity contribution in [2.75, 3.05) is 33.4 Å². The first kappa shape index (κ1) is 32.9. The number of aliphatic hydroxyl groups excluding tert-OH is 2. The molecule has 6 N–H and O–H groups in total. The van der Waals surface area contributed by atoms with E-state index in [0.29, 0.717) is 30.7 Å². The minimum atomic E-state index is -0.357. The molecule has 8 nitrogen and oxygen atoms in total. The SMILES string of the molecule is CCCCC1[OH+][C-](CCc2ccc(O)c(OCC(NC)C3=C[C+]4C(=N3)CCC3CCCC3C4CNCC(C)O)c2)C=C1CO. The van der Waals surface area contributed by atoms with Gasteiger partial charge in [0.15, 0.2) is 23.2 Å². The van der Waals surface area contributed by atoms with E-state index in [0.717, 1.165) is 73.9 Å². The van der Waals surface area contributed by atoms with Gasteiger partial charge in [-0.05, 0) is 75.6 Å². The summed E-state index contributed by atoms with van der Waals surface area (Å²) in [4.78, 5) is 5.15. The Balaban J connectivity index is 1.20. The third-order valence-electron chi connectivity index (χ3n) is 10.0. The molecule has 1 aromatic rings. The highest BCUT2D eigenvalue weighted by atomic mass is 16.5. The van der Waals surface area contributed by atoms with E-state index in [9.17, 15) is 15.3 Å². The summed E-state index contributed by atoms with van der Waals surface area (Å²) in [7, 11) is 1.93. The molecule has 5 rings (SSSR count). The highest BCUT2D eigenvalue weighted by molar-refractivity contribution is 6.03. The number of phenols is 1. The molecule has 0 amide bonds. The van der Waals surface area contributed by atoms with Crippen LogP contribution in [0.2, 0.25) is 0 Å². The van der Waals surface area contributed by atoms with Crippen molar-refractivity contribution in [3.8, 4) is 11.5 Å². The van der Waals surface area contributed by atoms with Crippen molar-refractivity contribution < 1.29 is 24.8 Å². The Morgan fingerprint density at radius 3 is 2.89 bits per heavy atom. The van der Waals surface area contributed by atoms with Crippen LogP contribution < -0.4 is 15.4 Å². The number of benzene rings is 1. The van der Waals surface area contributed by atoms with Gasteiger partial charge < -0.3 is 30.1 Å². The topological polar surface area (TPSA) is 119 Å². The van der Waals surface area contributed by atoms with Crippen molar-refractivity contribution in [1.29, 1.82) is 0 Å². The van der Waals surface area contributed by atoms with Gasteiger partial charge in [0.05, 0.1) is 18.1 Å². The number of unbranched alkanes of at least 4 members (excludes halogenated alkanes) is 1. The quantitative estimate of drug-likeness (QED) is 0.139. The summed E-state index contributed by atoms with van der Waals surface area (Å²) in [5.41, 5.74) is 4.31. The lowest BCUT2D eigenvalue weighted by Crippen LogP contribution is -2.37. The van der Waals surface area contributed by atoms with Crippen LogP contribution in [-0.4, -0.2) is 77.4 Å². The van der Waals surface area contributed by atoms with Crippen molar-refractivity contribution >= 4 is 5.71 Å². The van der Waals surface area contributed by atoms with Gasteiger partial charge in [-0.1, -0.05) is 32.3 Å². The number of aryl methyl sites for hydroxylation is 1. The smallest absolute Gasteiger partial charge is 0.196 e. The van der Waals surface area contributed by atoms with Gasteiger partial charge in [-0.15, -0.1) is 16.6 Å². The molecule has 0 bridgehead atoms. The Bertz CT molecular complexity index is 1180. The molecule has 8 heteroatoms. The molecule has 4 aliphatic rings. The van der Waals surface area contributed by atoms with Crippen molar-refractivity contribution in [3.63, 3.8) is 0 Å². The number of likely N-dealkylation sites (N-methyl/N-ethyl adjacent to an activating group) is 1. The fraction of sp³-hybridized carbons (Fsp3) is 0.639. The molecule has 44 heavy (non-hydrogen) atoms. The molecule has 2 heterocycles. The largest absolute Gasteiger partial charge is 0.504 e. The number of aliphatic imine (C=N–C) groups is 1. The van der Waals surface area contributed by atoms with Gasteiger partial charge in [0.1, 0.15) is 30.4 Å². The molecule has 242 valence electrons. The maximum absolute atomic E-state index is 10.6. The van der Waals surface area contributed by atoms with Crippen LogP contribution in [0.15, 0.2) is 46.6 Å². The molecule has 0 saturated heterocycles. The summed E-state index contributed by atoms with van der Waals surface area (Å²) in [6, 6.07) is 5.47. The molecule has 6 atom stereocenters. The number of nitrogens with zero attached hydrogens (tertiary/aromatic N) is 1. The molecule has 6 unspecified atom stereocenters. The fourth-order valence-electron chi connectivity index (χ4n) is 7.57. The van der Waals surface area contributed by atoms with E-state index in [4.69, 9.17) is 14.5 Å². The average Bonchev–Trinajstić information content (AvgIpc) is 3.74. The van der Waals surface area contributed by atoms with Crippen molar-refractivity contribution in [2.24, 2.45) is 22.7 Å². The first-order valence-corrected chi connectivity index (χ1v) is 16.9. The minimum absolute atomic E-state index is 0.0636. The van der Waals surface area contributed by atoms with Crippen LogP contribution in [0, 0.1) is 29.8 Å². The predicted octanol–water partition coefficient (Wildman–Crippen LogP) is 4.55. The highest BCUT2D eigenvalue weighted by Gasteiger charge is 2.49. The van der Waals surface area contributed by atoms with Gasteiger partial charge in [0, 0.05) is 32.5 Å². The highest BCUT2D eigenvalue weighted by Crippen LogP contribution is 2.48. The second kappa shape index (κ2) is 15.7. The van der Waals surface area contributed by atoms with Crippen LogP contribution in [-0.2, 0) is 6.42 Å². The molecule has 1 aromatic carbocycles.